The second kappa shape index (κ2) is 6.72. The van der Waals surface area contributed by atoms with E-state index in [4.69, 9.17) is 4.74 Å². The van der Waals surface area contributed by atoms with Crippen LogP contribution in [0, 0.1) is 35.5 Å². The maximum absolute atomic E-state index is 13.2. The van der Waals surface area contributed by atoms with Crippen molar-refractivity contribution in [3.05, 3.63) is 64.4 Å². The first-order valence-electron chi connectivity index (χ1n) is 10.4. The van der Waals surface area contributed by atoms with Gasteiger partial charge in [-0.25, -0.2) is 4.79 Å². The molecule has 7 rings (SSSR count). The van der Waals surface area contributed by atoms with Crippen LogP contribution < -0.4 is 4.90 Å². The maximum atomic E-state index is 13.2. The zero-order chi connectivity index (χ0) is 21.3. The molecule has 0 N–H and O–H groups in total. The number of esters is 1. The Morgan fingerprint density at radius 2 is 1.61 bits per heavy atom. The number of allylic oxidation sites excluding steroid dienone is 2. The lowest BCUT2D eigenvalue weighted by Crippen LogP contribution is -2.40. The van der Waals surface area contributed by atoms with Gasteiger partial charge in [0.2, 0.25) is 17.6 Å². The Balaban J connectivity index is 1.16. The van der Waals surface area contributed by atoms with E-state index in [2.05, 4.69) is 12.2 Å². The second-order valence-electron chi connectivity index (χ2n) is 8.69. The molecule has 2 bridgehead atoms. The van der Waals surface area contributed by atoms with Crippen LogP contribution in [-0.4, -0.2) is 30.2 Å². The minimum Gasteiger partial charge on any atom is -0.454 e. The number of thiophene rings is 1. The van der Waals surface area contributed by atoms with Gasteiger partial charge in [0.25, 0.3) is 0 Å². The van der Waals surface area contributed by atoms with Crippen LogP contribution in [0.5, 0.6) is 0 Å². The van der Waals surface area contributed by atoms with Crippen LogP contribution in [0.4, 0.5) is 5.69 Å². The van der Waals surface area contributed by atoms with Gasteiger partial charge in [0.1, 0.15) is 0 Å². The quantitative estimate of drug-likeness (QED) is 0.313. The van der Waals surface area contributed by atoms with Crippen molar-refractivity contribution in [3.8, 4) is 0 Å². The van der Waals surface area contributed by atoms with Crippen LogP contribution in [0.2, 0.25) is 0 Å². The molecule has 5 aliphatic rings. The number of Topliss-reactive ketones (excluding diaryl/α,β-unsaturated/α-hetero) is 1. The average Bonchev–Trinajstić information content (AvgIpc) is 3.36. The monoisotopic (exact) mass is 433 g/mol. The minimum atomic E-state index is -0.619. The fourth-order valence-electron chi connectivity index (χ4n) is 5.68. The molecule has 6 nitrogen and oxygen atoms in total. The second-order valence-corrected chi connectivity index (χ2v) is 9.64. The maximum Gasteiger partial charge on any atom is 0.338 e. The molecule has 0 radical (unpaired) electrons. The van der Waals surface area contributed by atoms with Crippen molar-refractivity contribution < 1.29 is 23.9 Å². The van der Waals surface area contributed by atoms with Crippen molar-refractivity contribution in [2.45, 2.75) is 6.42 Å². The van der Waals surface area contributed by atoms with Crippen molar-refractivity contribution in [2.75, 3.05) is 11.5 Å². The van der Waals surface area contributed by atoms with Crippen LogP contribution in [0.25, 0.3) is 0 Å². The van der Waals surface area contributed by atoms with Crippen molar-refractivity contribution in [1.29, 1.82) is 0 Å². The number of benzene rings is 1. The first kappa shape index (κ1) is 18.7. The summed E-state index contributed by atoms with van der Waals surface area (Å²) in [6, 6.07) is 9.70. The molecule has 1 aromatic carbocycles. The number of ketones is 1. The summed E-state index contributed by atoms with van der Waals surface area (Å²) in [5, 5.41) is 1.79. The summed E-state index contributed by atoms with van der Waals surface area (Å²) in [4.78, 5) is 52.4. The number of nitrogens with zero attached hydrogens (tertiary/aromatic N) is 1. The van der Waals surface area contributed by atoms with Gasteiger partial charge in [0.05, 0.1) is 28.0 Å². The molecule has 2 amide bonds. The third-order valence-corrected chi connectivity index (χ3v) is 8.07. The van der Waals surface area contributed by atoms with E-state index in [9.17, 15) is 19.2 Å². The number of carbonyl (C=O) groups excluding carboxylic acids is 4. The van der Waals surface area contributed by atoms with Gasteiger partial charge in [-0.1, -0.05) is 18.2 Å². The molecule has 31 heavy (non-hydrogen) atoms. The number of amides is 2. The smallest absolute Gasteiger partial charge is 0.338 e. The van der Waals surface area contributed by atoms with Gasteiger partial charge < -0.3 is 4.74 Å². The van der Waals surface area contributed by atoms with E-state index in [-0.39, 0.29) is 53.4 Å². The highest BCUT2D eigenvalue weighted by Crippen LogP contribution is 2.65. The van der Waals surface area contributed by atoms with E-state index >= 15 is 0 Å². The van der Waals surface area contributed by atoms with Gasteiger partial charge in [-0.2, -0.15) is 0 Å². The highest BCUT2D eigenvalue weighted by atomic mass is 32.1. The number of carbonyl (C=O) groups is 4. The van der Waals surface area contributed by atoms with Gasteiger partial charge >= 0.3 is 5.97 Å². The summed E-state index contributed by atoms with van der Waals surface area (Å²) in [5.74, 6) is -0.160. The predicted octanol–water partition coefficient (Wildman–Crippen LogP) is 3.35. The van der Waals surface area contributed by atoms with Crippen LogP contribution in [0.15, 0.2) is 53.9 Å². The van der Waals surface area contributed by atoms with Gasteiger partial charge in [0.15, 0.2) is 6.61 Å². The third-order valence-electron chi connectivity index (χ3n) is 7.15. The molecule has 0 unspecified atom stereocenters. The Hall–Kier alpha value is -3.06. The average molecular weight is 433 g/mol. The molecular formula is C24H19NO5S. The molecule has 4 aliphatic carbocycles. The Labute approximate surface area is 182 Å². The number of imide groups is 1. The van der Waals surface area contributed by atoms with Gasteiger partial charge in [-0.15, -0.1) is 11.3 Å². The Morgan fingerprint density at radius 1 is 0.968 bits per heavy atom. The molecule has 1 aliphatic heterocycles. The summed E-state index contributed by atoms with van der Waals surface area (Å²) in [6.45, 7) is -0.328. The van der Waals surface area contributed by atoms with Gasteiger partial charge in [-0.3, -0.25) is 19.3 Å². The standard InChI is InChI=1S/C24H19NO5S/c26-18(19-2-1-9-31-19)11-30-24(29)12-3-5-13(6-4-12)25-22(27)20-14-7-8-15(17-10-16(14)17)21(20)23(25)28/h1-9,14-17,20-21H,10-11H2/t14-,15-,16-,17-,20-,21+/m0/s1. The molecule has 6 atom stereocenters. The van der Waals surface area contributed by atoms with Crippen molar-refractivity contribution in [3.63, 3.8) is 0 Å². The molecule has 2 saturated carbocycles. The highest BCUT2D eigenvalue weighted by molar-refractivity contribution is 7.12. The summed E-state index contributed by atoms with van der Waals surface area (Å²) < 4.78 is 5.11. The summed E-state index contributed by atoms with van der Waals surface area (Å²) in [7, 11) is 0. The highest BCUT2D eigenvalue weighted by Gasteiger charge is 2.67. The molecule has 1 saturated heterocycles. The lowest BCUT2D eigenvalue weighted by molar-refractivity contribution is -0.124. The van der Waals surface area contributed by atoms with E-state index < -0.39 is 5.97 Å². The fourth-order valence-corrected chi connectivity index (χ4v) is 6.33. The number of anilines is 1. The topological polar surface area (TPSA) is 80.8 Å². The molecule has 2 heterocycles. The van der Waals surface area contributed by atoms with Crippen LogP contribution >= 0.6 is 11.3 Å². The normalized spacial score (nSPS) is 32.1. The van der Waals surface area contributed by atoms with Crippen LogP contribution in [-0.2, 0) is 14.3 Å². The summed E-state index contributed by atoms with van der Waals surface area (Å²) in [5.41, 5.74) is 0.742. The van der Waals surface area contributed by atoms with E-state index in [1.54, 1.807) is 29.6 Å². The third kappa shape index (κ3) is 2.76. The van der Waals surface area contributed by atoms with E-state index in [0.717, 1.165) is 6.42 Å². The predicted molar refractivity (Wildman–Crippen MR) is 113 cm³/mol. The van der Waals surface area contributed by atoms with Gasteiger partial charge in [-0.05, 0) is 65.8 Å². The van der Waals surface area contributed by atoms with E-state index in [1.807, 2.05) is 0 Å². The Bertz CT molecular complexity index is 1100. The first-order valence-corrected chi connectivity index (χ1v) is 11.3. The Morgan fingerprint density at radius 3 is 2.19 bits per heavy atom. The number of rotatable bonds is 5. The number of hydrogen-bond acceptors (Lipinski definition) is 6. The zero-order valence-electron chi connectivity index (χ0n) is 16.5. The lowest BCUT2D eigenvalue weighted by atomic mass is 9.63. The van der Waals surface area contributed by atoms with Crippen molar-refractivity contribution in [2.24, 2.45) is 35.5 Å². The zero-order valence-corrected chi connectivity index (χ0v) is 17.3. The molecule has 7 heteroatoms. The van der Waals surface area contributed by atoms with Crippen LogP contribution in [0.3, 0.4) is 0 Å². The minimum absolute atomic E-state index is 0.128. The molecule has 2 aromatic rings. The summed E-state index contributed by atoms with van der Waals surface area (Å²) in [6.07, 6.45) is 5.41. The van der Waals surface area contributed by atoms with Crippen molar-refractivity contribution >= 4 is 40.6 Å². The Kier molecular flexibility index (Phi) is 4.05. The summed E-state index contributed by atoms with van der Waals surface area (Å²) >= 11 is 1.30. The lowest BCUT2D eigenvalue weighted by Gasteiger charge is -2.37. The van der Waals surface area contributed by atoms with Crippen molar-refractivity contribution in [1.82, 2.24) is 0 Å². The molecule has 1 aromatic heterocycles. The molecule has 0 spiro atoms. The number of hydrogen-bond donors (Lipinski definition) is 0. The SMILES string of the molecule is O=C(OCC(=O)c1cccs1)c1ccc(N2C(=O)[C@@H]3[C@H]4C=C[C@@H]([C@@H]5C[C@@H]45)[C@@H]3C2=O)cc1. The van der Waals surface area contributed by atoms with E-state index in [0.29, 0.717) is 22.4 Å². The molecule has 3 fully saturated rings. The van der Waals surface area contributed by atoms with E-state index in [1.165, 1.54) is 28.4 Å². The molecular weight excluding hydrogens is 414 g/mol. The fraction of sp³-hybridized carbons (Fsp3) is 0.333. The van der Waals surface area contributed by atoms with Gasteiger partial charge in [0, 0.05) is 0 Å². The number of ether oxygens (including phenoxy) is 1. The van der Waals surface area contributed by atoms with Crippen LogP contribution in [0.1, 0.15) is 26.5 Å². The first-order chi connectivity index (χ1) is 15.0. The molecule has 156 valence electrons. The largest absolute Gasteiger partial charge is 0.454 e.